The Morgan fingerprint density at radius 1 is 1.44 bits per heavy atom. The number of ether oxygens (including phenoxy) is 1. The van der Waals surface area contributed by atoms with E-state index in [-0.39, 0.29) is 0 Å². The molecule has 1 unspecified atom stereocenters. The van der Waals surface area contributed by atoms with E-state index >= 15 is 0 Å². The minimum atomic E-state index is -0.392. The van der Waals surface area contributed by atoms with Crippen LogP contribution in [0.25, 0.3) is 0 Å². The Morgan fingerprint density at radius 2 is 2.25 bits per heavy atom. The zero-order chi connectivity index (χ0) is 11.5. The zero-order valence-corrected chi connectivity index (χ0v) is 9.03. The molecule has 0 aliphatic heterocycles. The summed E-state index contributed by atoms with van der Waals surface area (Å²) in [6.07, 6.45) is 3.02. The summed E-state index contributed by atoms with van der Waals surface area (Å²) in [4.78, 5) is 8.02. The maximum Gasteiger partial charge on any atom is 0.216 e. The van der Waals surface area contributed by atoms with Crippen LogP contribution in [0.1, 0.15) is 17.4 Å². The molecule has 2 N–H and O–H groups in total. The first-order valence-corrected chi connectivity index (χ1v) is 4.68. The first kappa shape index (κ1) is 10.5. The number of aromatic nitrogens is 5. The van der Waals surface area contributed by atoms with Crippen molar-refractivity contribution in [3.8, 4) is 5.88 Å². The summed E-state index contributed by atoms with van der Waals surface area (Å²) < 4.78 is 6.62. The number of rotatable bonds is 3. The molecule has 16 heavy (non-hydrogen) atoms. The maximum absolute atomic E-state index is 6.04. The van der Waals surface area contributed by atoms with Crippen molar-refractivity contribution in [3.05, 3.63) is 30.0 Å². The van der Waals surface area contributed by atoms with Crippen LogP contribution in [0.5, 0.6) is 5.88 Å². The van der Waals surface area contributed by atoms with E-state index in [1.165, 1.54) is 6.33 Å². The van der Waals surface area contributed by atoms with Gasteiger partial charge >= 0.3 is 0 Å². The molecule has 0 saturated carbocycles. The van der Waals surface area contributed by atoms with Crippen molar-refractivity contribution >= 4 is 0 Å². The van der Waals surface area contributed by atoms with Crippen molar-refractivity contribution in [2.75, 3.05) is 7.11 Å². The molecular formula is C9H12N6O. The molecule has 0 spiro atoms. The fourth-order valence-corrected chi connectivity index (χ4v) is 1.37. The highest BCUT2D eigenvalue weighted by molar-refractivity contribution is 5.22. The fraction of sp³-hybridized carbons (Fsp3) is 0.333. The highest BCUT2D eigenvalue weighted by atomic mass is 16.5. The van der Waals surface area contributed by atoms with Gasteiger partial charge in [0.05, 0.1) is 30.7 Å². The number of hydrogen-bond donors (Lipinski definition) is 1. The summed E-state index contributed by atoms with van der Waals surface area (Å²) in [6.45, 7) is 0. The molecule has 0 aliphatic carbocycles. The molecule has 0 amide bonds. The summed E-state index contributed by atoms with van der Waals surface area (Å²) >= 11 is 0. The van der Waals surface area contributed by atoms with Crippen molar-refractivity contribution in [3.63, 3.8) is 0 Å². The average Bonchev–Trinajstić information content (AvgIpc) is 2.74. The molecule has 0 bridgehead atoms. The molecule has 7 heteroatoms. The van der Waals surface area contributed by atoms with E-state index in [1.54, 1.807) is 31.1 Å². The minimum absolute atomic E-state index is 0.392. The van der Waals surface area contributed by atoms with Gasteiger partial charge in [-0.05, 0) is 0 Å². The minimum Gasteiger partial charge on any atom is -0.481 e. The number of hydrogen-bond acceptors (Lipinski definition) is 6. The van der Waals surface area contributed by atoms with Gasteiger partial charge < -0.3 is 10.5 Å². The van der Waals surface area contributed by atoms with Crippen LogP contribution in [-0.4, -0.2) is 32.1 Å². The van der Waals surface area contributed by atoms with Gasteiger partial charge in [-0.15, -0.1) is 5.10 Å². The molecule has 0 saturated heterocycles. The third-order valence-corrected chi connectivity index (χ3v) is 2.26. The van der Waals surface area contributed by atoms with Crippen LogP contribution in [0.4, 0.5) is 0 Å². The molecule has 2 aromatic rings. The quantitative estimate of drug-likeness (QED) is 0.761. The molecule has 2 heterocycles. The maximum atomic E-state index is 6.04. The Morgan fingerprint density at radius 3 is 2.88 bits per heavy atom. The predicted molar refractivity (Wildman–Crippen MR) is 55.6 cm³/mol. The van der Waals surface area contributed by atoms with Gasteiger partial charge in [0.25, 0.3) is 0 Å². The molecule has 0 aromatic carbocycles. The van der Waals surface area contributed by atoms with Gasteiger partial charge in [-0.1, -0.05) is 5.21 Å². The lowest BCUT2D eigenvalue weighted by atomic mass is 10.1. The van der Waals surface area contributed by atoms with E-state index < -0.39 is 6.04 Å². The second-order valence-electron chi connectivity index (χ2n) is 3.25. The lowest BCUT2D eigenvalue weighted by Crippen LogP contribution is -2.17. The predicted octanol–water partition coefficient (Wildman–Crippen LogP) is -0.338. The Hall–Kier alpha value is -2.02. The SMILES string of the molecule is COc1cc(C(N)c2cnnn2C)ncn1. The van der Waals surface area contributed by atoms with Crippen molar-refractivity contribution in [2.45, 2.75) is 6.04 Å². The summed E-state index contributed by atoms with van der Waals surface area (Å²) in [5.74, 6) is 0.482. The monoisotopic (exact) mass is 220 g/mol. The van der Waals surface area contributed by atoms with E-state index in [4.69, 9.17) is 10.5 Å². The van der Waals surface area contributed by atoms with E-state index in [0.717, 1.165) is 5.69 Å². The Balaban J connectivity index is 2.33. The average molecular weight is 220 g/mol. The van der Waals surface area contributed by atoms with E-state index in [1.807, 2.05) is 0 Å². The van der Waals surface area contributed by atoms with E-state index in [2.05, 4.69) is 20.3 Å². The van der Waals surface area contributed by atoms with Gasteiger partial charge in [0, 0.05) is 13.1 Å². The fourth-order valence-electron chi connectivity index (χ4n) is 1.37. The first-order chi connectivity index (χ1) is 7.72. The lowest BCUT2D eigenvalue weighted by molar-refractivity contribution is 0.395. The van der Waals surface area contributed by atoms with Crippen molar-refractivity contribution in [1.29, 1.82) is 0 Å². The van der Waals surface area contributed by atoms with Gasteiger partial charge in [0.1, 0.15) is 6.33 Å². The molecule has 2 rings (SSSR count). The third-order valence-electron chi connectivity index (χ3n) is 2.26. The third kappa shape index (κ3) is 1.84. The van der Waals surface area contributed by atoms with Crippen LogP contribution in [0.2, 0.25) is 0 Å². The van der Waals surface area contributed by atoms with Gasteiger partial charge in [-0.2, -0.15) is 0 Å². The standard InChI is InChI=1S/C9H12N6O/c1-15-7(4-13-14-15)9(10)6-3-8(16-2)12-5-11-6/h3-5,9H,10H2,1-2H3. The number of nitrogens with zero attached hydrogens (tertiary/aromatic N) is 5. The van der Waals surface area contributed by atoms with Crippen LogP contribution < -0.4 is 10.5 Å². The van der Waals surface area contributed by atoms with Gasteiger partial charge in [0.2, 0.25) is 5.88 Å². The van der Waals surface area contributed by atoms with Gasteiger partial charge in [0.15, 0.2) is 0 Å². The lowest BCUT2D eigenvalue weighted by Gasteiger charge is -2.10. The van der Waals surface area contributed by atoms with E-state index in [0.29, 0.717) is 11.6 Å². The zero-order valence-electron chi connectivity index (χ0n) is 9.03. The second-order valence-corrected chi connectivity index (χ2v) is 3.25. The molecule has 0 aliphatic rings. The molecule has 7 nitrogen and oxygen atoms in total. The molecule has 0 radical (unpaired) electrons. The molecular weight excluding hydrogens is 208 g/mol. The van der Waals surface area contributed by atoms with Crippen LogP contribution in [-0.2, 0) is 7.05 Å². The van der Waals surface area contributed by atoms with Crippen molar-refractivity contribution < 1.29 is 4.74 Å². The molecule has 84 valence electrons. The summed E-state index contributed by atoms with van der Waals surface area (Å²) in [7, 11) is 3.32. The number of aryl methyl sites for hydroxylation is 1. The smallest absolute Gasteiger partial charge is 0.216 e. The van der Waals surface area contributed by atoms with Crippen LogP contribution >= 0.6 is 0 Å². The van der Waals surface area contributed by atoms with Crippen molar-refractivity contribution in [1.82, 2.24) is 25.0 Å². The Labute approximate surface area is 92.3 Å². The highest BCUT2D eigenvalue weighted by Gasteiger charge is 2.15. The van der Waals surface area contributed by atoms with Crippen molar-refractivity contribution in [2.24, 2.45) is 12.8 Å². The van der Waals surface area contributed by atoms with Crippen LogP contribution in [0.3, 0.4) is 0 Å². The number of nitrogens with two attached hydrogens (primary N) is 1. The van der Waals surface area contributed by atoms with Gasteiger partial charge in [-0.25, -0.2) is 9.97 Å². The normalized spacial score (nSPS) is 12.4. The summed E-state index contributed by atoms with van der Waals surface area (Å²) in [5.41, 5.74) is 7.48. The molecule has 0 fully saturated rings. The first-order valence-electron chi connectivity index (χ1n) is 4.68. The van der Waals surface area contributed by atoms with Gasteiger partial charge in [-0.3, -0.25) is 4.68 Å². The summed E-state index contributed by atoms with van der Waals surface area (Å²) in [6, 6.07) is 1.30. The van der Waals surface area contributed by atoms with E-state index in [9.17, 15) is 0 Å². The Bertz CT molecular complexity index is 482. The molecule has 2 aromatic heterocycles. The number of methoxy groups -OCH3 is 1. The Kier molecular flexibility index (Phi) is 2.78. The summed E-state index contributed by atoms with van der Waals surface area (Å²) in [5, 5.41) is 7.59. The highest BCUT2D eigenvalue weighted by Crippen LogP contribution is 2.17. The van der Waals surface area contributed by atoms with Crippen LogP contribution in [0.15, 0.2) is 18.6 Å². The second kappa shape index (κ2) is 4.23. The largest absolute Gasteiger partial charge is 0.481 e. The topological polar surface area (TPSA) is 91.7 Å². The van der Waals surface area contributed by atoms with Crippen LogP contribution in [0, 0.1) is 0 Å². The molecule has 1 atom stereocenters.